The molecule has 1 fully saturated rings. The Hall–Kier alpha value is -0.930. The molecule has 1 aromatic rings. The minimum absolute atomic E-state index is 0. The van der Waals surface area contributed by atoms with Crippen LogP contribution in [0.2, 0.25) is 5.02 Å². The largest absolute Gasteiger partial charge is 0.399 e. The highest BCUT2D eigenvalue weighted by Crippen LogP contribution is 2.26. The van der Waals surface area contributed by atoms with Crippen LogP contribution >= 0.6 is 24.0 Å². The summed E-state index contributed by atoms with van der Waals surface area (Å²) in [6.45, 7) is 2.94. The summed E-state index contributed by atoms with van der Waals surface area (Å²) in [5.41, 5.74) is 6.77. The minimum Gasteiger partial charge on any atom is -0.399 e. The highest BCUT2D eigenvalue weighted by Gasteiger charge is 2.28. The van der Waals surface area contributed by atoms with Gasteiger partial charge in [0.2, 0.25) is 0 Å². The van der Waals surface area contributed by atoms with Gasteiger partial charge in [-0.3, -0.25) is 4.79 Å². The van der Waals surface area contributed by atoms with Crippen molar-refractivity contribution in [2.75, 3.05) is 12.3 Å². The molecule has 0 radical (unpaired) electrons. The van der Waals surface area contributed by atoms with Crippen molar-refractivity contribution in [3.63, 3.8) is 0 Å². The van der Waals surface area contributed by atoms with Gasteiger partial charge < -0.3 is 10.6 Å². The molecule has 1 aliphatic rings. The van der Waals surface area contributed by atoms with Gasteiger partial charge in [0.15, 0.2) is 0 Å². The van der Waals surface area contributed by atoms with Crippen LogP contribution in [0.4, 0.5) is 5.69 Å². The fourth-order valence-corrected chi connectivity index (χ4v) is 2.66. The van der Waals surface area contributed by atoms with Gasteiger partial charge in [0.1, 0.15) is 0 Å². The number of carbonyl (C=O) groups is 1. The van der Waals surface area contributed by atoms with E-state index in [0.29, 0.717) is 22.3 Å². The summed E-state index contributed by atoms with van der Waals surface area (Å²) in [5, 5.41) is 0.441. The Morgan fingerprint density at radius 2 is 2.28 bits per heavy atom. The first-order valence-electron chi connectivity index (χ1n) is 5.99. The zero-order valence-corrected chi connectivity index (χ0v) is 11.9. The van der Waals surface area contributed by atoms with E-state index >= 15 is 0 Å². The fourth-order valence-electron chi connectivity index (χ4n) is 2.39. The molecule has 0 aromatic heterocycles. The predicted octanol–water partition coefficient (Wildman–Crippen LogP) is 3.36. The molecular formula is C13H18Cl2N2O. The number of hydrogen-bond donors (Lipinski definition) is 1. The number of hydrogen-bond acceptors (Lipinski definition) is 2. The van der Waals surface area contributed by atoms with E-state index < -0.39 is 0 Å². The number of benzene rings is 1. The SMILES string of the molecule is CCC1CCCN1C(=O)c1ccc(N)cc1Cl.Cl. The standard InChI is InChI=1S/C13H17ClN2O.ClH/c1-2-10-4-3-7-16(10)13(17)11-6-5-9(15)8-12(11)14;/h5-6,8,10H,2-4,7,15H2,1H3;1H. The molecule has 0 spiro atoms. The van der Waals surface area contributed by atoms with E-state index in [1.54, 1.807) is 18.2 Å². The van der Waals surface area contributed by atoms with Crippen molar-refractivity contribution in [2.24, 2.45) is 0 Å². The lowest BCUT2D eigenvalue weighted by Crippen LogP contribution is -2.35. The molecule has 1 atom stereocenters. The van der Waals surface area contributed by atoms with E-state index in [-0.39, 0.29) is 18.3 Å². The number of nitrogen functional groups attached to an aromatic ring is 1. The Balaban J connectivity index is 0.00000162. The van der Waals surface area contributed by atoms with Crippen LogP contribution in [0.25, 0.3) is 0 Å². The third-order valence-corrected chi connectivity index (χ3v) is 3.65. The highest BCUT2D eigenvalue weighted by molar-refractivity contribution is 6.34. The number of nitrogens with zero attached hydrogens (tertiary/aromatic N) is 1. The van der Waals surface area contributed by atoms with Crippen LogP contribution in [0, 0.1) is 0 Å². The molecule has 1 aliphatic heterocycles. The number of amides is 1. The smallest absolute Gasteiger partial charge is 0.255 e. The number of likely N-dealkylation sites (tertiary alicyclic amines) is 1. The van der Waals surface area contributed by atoms with Crippen LogP contribution in [0.5, 0.6) is 0 Å². The minimum atomic E-state index is 0. The molecule has 100 valence electrons. The van der Waals surface area contributed by atoms with Gasteiger partial charge in [0.05, 0.1) is 10.6 Å². The summed E-state index contributed by atoms with van der Waals surface area (Å²) >= 11 is 6.07. The third kappa shape index (κ3) is 2.90. The van der Waals surface area contributed by atoms with Gasteiger partial charge in [-0.25, -0.2) is 0 Å². The quantitative estimate of drug-likeness (QED) is 0.849. The number of halogens is 2. The molecule has 0 aliphatic carbocycles. The molecule has 0 saturated carbocycles. The maximum atomic E-state index is 12.3. The van der Waals surface area contributed by atoms with Gasteiger partial charge in [0, 0.05) is 18.3 Å². The molecule has 1 unspecified atom stereocenters. The van der Waals surface area contributed by atoms with Crippen LogP contribution in [-0.4, -0.2) is 23.4 Å². The molecule has 1 aromatic carbocycles. The number of rotatable bonds is 2. The first kappa shape index (κ1) is 15.1. The van der Waals surface area contributed by atoms with Crippen LogP contribution in [0.3, 0.4) is 0 Å². The maximum Gasteiger partial charge on any atom is 0.255 e. The van der Waals surface area contributed by atoms with Gasteiger partial charge in [0.25, 0.3) is 5.91 Å². The lowest BCUT2D eigenvalue weighted by atomic mass is 10.1. The first-order chi connectivity index (χ1) is 8.13. The monoisotopic (exact) mass is 288 g/mol. The Labute approximate surface area is 119 Å². The fraction of sp³-hybridized carbons (Fsp3) is 0.462. The number of anilines is 1. The number of carbonyl (C=O) groups excluding carboxylic acids is 1. The van der Waals surface area contributed by atoms with E-state index in [9.17, 15) is 4.79 Å². The van der Waals surface area contributed by atoms with Crippen molar-refractivity contribution in [3.8, 4) is 0 Å². The lowest BCUT2D eigenvalue weighted by molar-refractivity contribution is 0.0734. The van der Waals surface area contributed by atoms with Gasteiger partial charge in [-0.2, -0.15) is 0 Å². The molecule has 1 saturated heterocycles. The summed E-state index contributed by atoms with van der Waals surface area (Å²) in [6.07, 6.45) is 3.17. The first-order valence-corrected chi connectivity index (χ1v) is 6.37. The second kappa shape index (κ2) is 6.30. The third-order valence-electron chi connectivity index (χ3n) is 3.33. The molecule has 1 amide bonds. The van der Waals surface area contributed by atoms with Crippen LogP contribution in [0.1, 0.15) is 36.5 Å². The molecule has 1 heterocycles. The van der Waals surface area contributed by atoms with Crippen LogP contribution in [-0.2, 0) is 0 Å². The van der Waals surface area contributed by atoms with Gasteiger partial charge in [-0.1, -0.05) is 18.5 Å². The normalized spacial score (nSPS) is 18.6. The topological polar surface area (TPSA) is 46.3 Å². The molecule has 3 nitrogen and oxygen atoms in total. The highest BCUT2D eigenvalue weighted by atomic mass is 35.5. The Morgan fingerprint density at radius 3 is 2.89 bits per heavy atom. The van der Waals surface area contributed by atoms with Crippen molar-refractivity contribution >= 4 is 35.6 Å². The lowest BCUT2D eigenvalue weighted by Gasteiger charge is -2.24. The summed E-state index contributed by atoms with van der Waals surface area (Å²) in [7, 11) is 0. The van der Waals surface area contributed by atoms with Crippen LogP contribution < -0.4 is 5.73 Å². The van der Waals surface area contributed by atoms with E-state index in [1.807, 2.05) is 4.90 Å². The second-order valence-corrected chi connectivity index (χ2v) is 4.85. The summed E-state index contributed by atoms with van der Waals surface area (Å²) in [4.78, 5) is 14.3. The van der Waals surface area contributed by atoms with E-state index in [0.717, 1.165) is 25.8 Å². The average molecular weight is 289 g/mol. The van der Waals surface area contributed by atoms with Crippen molar-refractivity contribution in [1.29, 1.82) is 0 Å². The van der Waals surface area contributed by atoms with Gasteiger partial charge in [-0.15, -0.1) is 12.4 Å². The van der Waals surface area contributed by atoms with E-state index in [2.05, 4.69) is 6.92 Å². The molecule has 0 bridgehead atoms. The van der Waals surface area contributed by atoms with Crippen LogP contribution in [0.15, 0.2) is 18.2 Å². The zero-order chi connectivity index (χ0) is 12.4. The van der Waals surface area contributed by atoms with Gasteiger partial charge >= 0.3 is 0 Å². The maximum absolute atomic E-state index is 12.3. The summed E-state index contributed by atoms with van der Waals surface area (Å²) in [5.74, 6) is 0.0272. The number of nitrogens with two attached hydrogens (primary N) is 1. The molecular weight excluding hydrogens is 271 g/mol. The Morgan fingerprint density at radius 1 is 1.56 bits per heavy atom. The summed E-state index contributed by atoms with van der Waals surface area (Å²) in [6, 6.07) is 5.42. The Bertz CT molecular complexity index is 437. The van der Waals surface area contributed by atoms with Crippen molar-refractivity contribution in [1.82, 2.24) is 4.90 Å². The Kier molecular flexibility index (Phi) is 5.29. The average Bonchev–Trinajstić information content (AvgIpc) is 2.76. The van der Waals surface area contributed by atoms with Gasteiger partial charge in [-0.05, 0) is 37.5 Å². The molecule has 18 heavy (non-hydrogen) atoms. The van der Waals surface area contributed by atoms with Crippen molar-refractivity contribution < 1.29 is 4.79 Å². The second-order valence-electron chi connectivity index (χ2n) is 4.44. The molecule has 5 heteroatoms. The predicted molar refractivity (Wildman–Crippen MR) is 77.5 cm³/mol. The molecule has 2 N–H and O–H groups in total. The van der Waals surface area contributed by atoms with E-state index in [1.165, 1.54) is 0 Å². The van der Waals surface area contributed by atoms with Crippen molar-refractivity contribution in [2.45, 2.75) is 32.2 Å². The van der Waals surface area contributed by atoms with E-state index in [4.69, 9.17) is 17.3 Å². The zero-order valence-electron chi connectivity index (χ0n) is 10.4. The molecule has 2 rings (SSSR count). The van der Waals surface area contributed by atoms with Crippen molar-refractivity contribution in [3.05, 3.63) is 28.8 Å². The summed E-state index contributed by atoms with van der Waals surface area (Å²) < 4.78 is 0.